The van der Waals surface area contributed by atoms with Crippen molar-refractivity contribution >= 4 is 5.97 Å². The molecule has 0 aromatic rings. The number of unbranched alkanes of at least 4 members (excludes halogenated alkanes) is 1. The zero-order chi connectivity index (χ0) is 10.3. The molecule has 0 saturated heterocycles. The summed E-state index contributed by atoms with van der Waals surface area (Å²) in [4.78, 5) is 10.8. The fourth-order valence-electron chi connectivity index (χ4n) is 1.17. The number of methoxy groups -OCH3 is 1. The quantitative estimate of drug-likeness (QED) is 0.646. The van der Waals surface area contributed by atoms with Crippen molar-refractivity contribution in [3.05, 3.63) is 0 Å². The van der Waals surface area contributed by atoms with Crippen LogP contribution in [-0.2, 0) is 9.53 Å². The summed E-state index contributed by atoms with van der Waals surface area (Å²) in [7, 11) is 1.34. The molecule has 0 bridgehead atoms. The Bertz CT molecular complexity index is 145. The summed E-state index contributed by atoms with van der Waals surface area (Å²) in [6, 6.07) is 0. The Hall–Kier alpha value is -0.570. The molecule has 3 nitrogen and oxygen atoms in total. The van der Waals surface area contributed by atoms with Crippen LogP contribution in [0, 0.1) is 5.92 Å². The third-order valence-electron chi connectivity index (χ3n) is 2.27. The molecule has 2 atom stereocenters. The van der Waals surface area contributed by atoms with Crippen molar-refractivity contribution in [2.75, 3.05) is 7.11 Å². The predicted octanol–water partition coefficient (Wildman–Crippen LogP) is 1.74. The molecule has 1 N–H and O–H groups in total. The van der Waals surface area contributed by atoms with Gasteiger partial charge < -0.3 is 9.84 Å². The highest BCUT2D eigenvalue weighted by atomic mass is 16.5. The van der Waals surface area contributed by atoms with Crippen molar-refractivity contribution in [1.29, 1.82) is 0 Å². The van der Waals surface area contributed by atoms with E-state index in [1.807, 2.05) is 6.92 Å². The molecule has 0 radical (unpaired) electrons. The number of hydrogen-bond donors (Lipinski definition) is 1. The van der Waals surface area contributed by atoms with Crippen molar-refractivity contribution < 1.29 is 14.6 Å². The van der Waals surface area contributed by atoms with Gasteiger partial charge in [0.1, 0.15) is 0 Å². The van der Waals surface area contributed by atoms with Crippen LogP contribution in [0.1, 0.15) is 39.5 Å². The molecule has 0 saturated carbocycles. The maximum atomic E-state index is 10.8. The van der Waals surface area contributed by atoms with Crippen molar-refractivity contribution in [3.8, 4) is 0 Å². The Morgan fingerprint density at radius 1 is 1.54 bits per heavy atom. The van der Waals surface area contributed by atoms with E-state index in [2.05, 4.69) is 11.7 Å². The summed E-state index contributed by atoms with van der Waals surface area (Å²) < 4.78 is 4.48. The van der Waals surface area contributed by atoms with Gasteiger partial charge in [0.15, 0.2) is 0 Å². The van der Waals surface area contributed by atoms with Gasteiger partial charge >= 0.3 is 5.97 Å². The molecule has 0 aromatic carbocycles. The molecule has 0 aliphatic carbocycles. The van der Waals surface area contributed by atoms with Crippen LogP contribution in [0.25, 0.3) is 0 Å². The number of ether oxygens (including phenoxy) is 1. The van der Waals surface area contributed by atoms with Crippen LogP contribution in [-0.4, -0.2) is 24.3 Å². The molecule has 0 aliphatic heterocycles. The van der Waals surface area contributed by atoms with Gasteiger partial charge in [0.2, 0.25) is 0 Å². The second-order valence-electron chi connectivity index (χ2n) is 3.47. The summed E-state index contributed by atoms with van der Waals surface area (Å²) in [5.74, 6) is -0.158. The number of carbonyl (C=O) groups is 1. The topological polar surface area (TPSA) is 46.5 Å². The van der Waals surface area contributed by atoms with E-state index in [0.717, 1.165) is 19.3 Å². The Morgan fingerprint density at radius 2 is 2.15 bits per heavy atom. The predicted molar refractivity (Wildman–Crippen MR) is 51.3 cm³/mol. The lowest BCUT2D eigenvalue weighted by atomic mass is 9.96. The second kappa shape index (κ2) is 6.89. The Morgan fingerprint density at radius 3 is 2.62 bits per heavy atom. The minimum Gasteiger partial charge on any atom is -0.469 e. The SMILES string of the molecule is CCCCC(C)C(O)CC(=O)OC. The first-order valence-corrected chi connectivity index (χ1v) is 4.86. The minimum atomic E-state index is -0.556. The average molecular weight is 188 g/mol. The molecule has 0 heterocycles. The molecule has 0 aromatic heterocycles. The number of rotatable bonds is 6. The largest absolute Gasteiger partial charge is 0.469 e. The zero-order valence-electron chi connectivity index (χ0n) is 8.75. The third kappa shape index (κ3) is 5.64. The molecule has 0 spiro atoms. The lowest BCUT2D eigenvalue weighted by molar-refractivity contribution is -0.143. The molecule has 0 fully saturated rings. The fourth-order valence-corrected chi connectivity index (χ4v) is 1.17. The van der Waals surface area contributed by atoms with E-state index in [4.69, 9.17) is 0 Å². The van der Waals surface area contributed by atoms with Crippen LogP contribution in [0.15, 0.2) is 0 Å². The van der Waals surface area contributed by atoms with Crippen LogP contribution in [0.4, 0.5) is 0 Å². The van der Waals surface area contributed by atoms with Gasteiger partial charge in [-0.25, -0.2) is 0 Å². The lowest BCUT2D eigenvalue weighted by Crippen LogP contribution is -2.22. The van der Waals surface area contributed by atoms with Gasteiger partial charge in [-0.3, -0.25) is 4.79 Å². The summed E-state index contributed by atoms with van der Waals surface area (Å²) >= 11 is 0. The maximum Gasteiger partial charge on any atom is 0.308 e. The van der Waals surface area contributed by atoms with E-state index in [1.54, 1.807) is 0 Å². The van der Waals surface area contributed by atoms with Crippen LogP contribution in [0.2, 0.25) is 0 Å². The normalized spacial score (nSPS) is 15.1. The highest BCUT2D eigenvalue weighted by molar-refractivity contribution is 5.69. The van der Waals surface area contributed by atoms with E-state index in [1.165, 1.54) is 7.11 Å². The summed E-state index contributed by atoms with van der Waals surface area (Å²) in [6.07, 6.45) is 2.74. The van der Waals surface area contributed by atoms with Crippen LogP contribution in [0.3, 0.4) is 0 Å². The Labute approximate surface area is 80.1 Å². The van der Waals surface area contributed by atoms with Gasteiger partial charge in [0.25, 0.3) is 0 Å². The van der Waals surface area contributed by atoms with Crippen LogP contribution in [0.5, 0.6) is 0 Å². The van der Waals surface area contributed by atoms with Crippen molar-refractivity contribution in [3.63, 3.8) is 0 Å². The summed E-state index contributed by atoms with van der Waals surface area (Å²) in [5, 5.41) is 9.55. The van der Waals surface area contributed by atoms with Gasteiger partial charge in [-0.2, -0.15) is 0 Å². The van der Waals surface area contributed by atoms with E-state index < -0.39 is 6.10 Å². The number of hydrogen-bond acceptors (Lipinski definition) is 3. The second-order valence-corrected chi connectivity index (χ2v) is 3.47. The minimum absolute atomic E-state index is 0.112. The van der Waals surface area contributed by atoms with Gasteiger partial charge in [0.05, 0.1) is 19.6 Å². The third-order valence-corrected chi connectivity index (χ3v) is 2.27. The van der Waals surface area contributed by atoms with E-state index in [0.29, 0.717) is 0 Å². The summed E-state index contributed by atoms with van der Waals surface area (Å²) in [6.45, 7) is 4.07. The molecular formula is C10H20O3. The number of carbonyl (C=O) groups excluding carboxylic acids is 1. The Kier molecular flexibility index (Phi) is 6.59. The van der Waals surface area contributed by atoms with E-state index in [9.17, 15) is 9.90 Å². The molecule has 0 rings (SSSR count). The standard InChI is InChI=1S/C10H20O3/c1-4-5-6-8(2)9(11)7-10(12)13-3/h8-9,11H,4-7H2,1-3H3. The first kappa shape index (κ1) is 12.4. The number of aliphatic hydroxyl groups excluding tert-OH is 1. The zero-order valence-corrected chi connectivity index (χ0v) is 8.75. The van der Waals surface area contributed by atoms with Gasteiger partial charge in [-0.1, -0.05) is 26.7 Å². The fraction of sp³-hybridized carbons (Fsp3) is 0.900. The maximum absolute atomic E-state index is 10.8. The monoisotopic (exact) mass is 188 g/mol. The number of esters is 1. The van der Waals surface area contributed by atoms with Gasteiger partial charge in [-0.15, -0.1) is 0 Å². The smallest absolute Gasteiger partial charge is 0.308 e. The van der Waals surface area contributed by atoms with Gasteiger partial charge in [-0.05, 0) is 12.3 Å². The van der Waals surface area contributed by atoms with Crippen LogP contribution < -0.4 is 0 Å². The van der Waals surface area contributed by atoms with Gasteiger partial charge in [0, 0.05) is 0 Å². The lowest BCUT2D eigenvalue weighted by Gasteiger charge is -2.16. The molecule has 0 aliphatic rings. The van der Waals surface area contributed by atoms with Crippen molar-refractivity contribution in [2.45, 2.75) is 45.6 Å². The first-order chi connectivity index (χ1) is 6.11. The molecule has 0 amide bonds. The van der Waals surface area contributed by atoms with Crippen LogP contribution >= 0.6 is 0 Å². The Balaban J connectivity index is 3.68. The molecule has 2 unspecified atom stereocenters. The molecule has 13 heavy (non-hydrogen) atoms. The van der Waals surface area contributed by atoms with Crippen molar-refractivity contribution in [2.24, 2.45) is 5.92 Å². The summed E-state index contributed by atoms with van der Waals surface area (Å²) in [5.41, 5.74) is 0. The highest BCUT2D eigenvalue weighted by Crippen LogP contribution is 2.14. The molecular weight excluding hydrogens is 168 g/mol. The first-order valence-electron chi connectivity index (χ1n) is 4.86. The van der Waals surface area contributed by atoms with E-state index >= 15 is 0 Å². The molecule has 78 valence electrons. The number of aliphatic hydroxyl groups is 1. The highest BCUT2D eigenvalue weighted by Gasteiger charge is 2.17. The average Bonchev–Trinajstić information content (AvgIpc) is 2.13. The molecule has 3 heteroatoms. The van der Waals surface area contributed by atoms with Crippen molar-refractivity contribution in [1.82, 2.24) is 0 Å². The van der Waals surface area contributed by atoms with E-state index in [-0.39, 0.29) is 18.3 Å².